The molecule has 0 unspecified atom stereocenters. The third-order valence-corrected chi connectivity index (χ3v) is 7.18. The van der Waals surface area contributed by atoms with Crippen LogP contribution < -0.4 is 10.9 Å². The van der Waals surface area contributed by atoms with E-state index in [0.717, 1.165) is 35.0 Å². The molecule has 0 saturated carbocycles. The average Bonchev–Trinajstić information content (AvgIpc) is 3.43. The fraction of sp³-hybridized carbons (Fsp3) is 0.207. The summed E-state index contributed by atoms with van der Waals surface area (Å²) in [4.78, 5) is 25.8. The van der Waals surface area contributed by atoms with Crippen LogP contribution in [0.2, 0.25) is 0 Å². The third kappa shape index (κ3) is 5.52. The first-order valence-electron chi connectivity index (χ1n) is 12.4. The molecule has 0 fully saturated rings. The molecular weight excluding hydrogens is 498 g/mol. The first-order chi connectivity index (χ1) is 18.5. The number of hydrogen-bond acceptors (Lipinski definition) is 7. The molecule has 0 bridgehead atoms. The first-order valence-corrected chi connectivity index (χ1v) is 13.4. The number of aromatic nitrogens is 4. The fourth-order valence-corrected chi connectivity index (χ4v) is 4.76. The molecule has 192 valence electrons. The Morgan fingerprint density at radius 3 is 2.47 bits per heavy atom. The van der Waals surface area contributed by atoms with Crippen molar-refractivity contribution in [3.05, 3.63) is 100 Å². The predicted molar refractivity (Wildman–Crippen MR) is 149 cm³/mol. The van der Waals surface area contributed by atoms with Crippen molar-refractivity contribution in [3.63, 3.8) is 0 Å². The summed E-state index contributed by atoms with van der Waals surface area (Å²) in [5.41, 5.74) is 3.09. The summed E-state index contributed by atoms with van der Waals surface area (Å²) >= 11 is 1.15. The predicted octanol–water partition coefficient (Wildman–Crippen LogP) is 5.74. The molecule has 1 amide bonds. The van der Waals surface area contributed by atoms with E-state index in [0.29, 0.717) is 28.9 Å². The van der Waals surface area contributed by atoms with Gasteiger partial charge in [0.1, 0.15) is 0 Å². The van der Waals surface area contributed by atoms with Gasteiger partial charge in [-0.2, -0.15) is 5.10 Å². The zero-order valence-corrected chi connectivity index (χ0v) is 21.9. The van der Waals surface area contributed by atoms with Crippen molar-refractivity contribution >= 4 is 34.1 Å². The van der Waals surface area contributed by atoms with E-state index in [2.05, 4.69) is 34.5 Å². The van der Waals surface area contributed by atoms with Crippen molar-refractivity contribution in [2.24, 2.45) is 0 Å². The Morgan fingerprint density at radius 1 is 0.974 bits per heavy atom. The molecule has 9 heteroatoms. The number of carbonyl (C=O) groups excluding carboxylic acids is 1. The van der Waals surface area contributed by atoms with Crippen LogP contribution >= 0.6 is 11.8 Å². The molecule has 0 radical (unpaired) electrons. The van der Waals surface area contributed by atoms with Crippen molar-refractivity contribution < 1.29 is 9.21 Å². The minimum absolute atomic E-state index is 0.109. The highest BCUT2D eigenvalue weighted by atomic mass is 32.2. The van der Waals surface area contributed by atoms with Crippen molar-refractivity contribution in [3.8, 4) is 11.6 Å². The summed E-state index contributed by atoms with van der Waals surface area (Å²) < 4.78 is 7.29. The van der Waals surface area contributed by atoms with E-state index in [-0.39, 0.29) is 28.3 Å². The van der Waals surface area contributed by atoms with Crippen LogP contribution in [-0.4, -0.2) is 31.6 Å². The number of carbonyl (C=O) groups is 1. The number of para-hydroxylation sites is 1. The normalized spacial score (nSPS) is 11.9. The second-order valence-corrected chi connectivity index (χ2v) is 9.88. The van der Waals surface area contributed by atoms with Crippen LogP contribution in [0, 0.1) is 0 Å². The molecule has 0 saturated heterocycles. The third-order valence-electron chi connectivity index (χ3n) is 6.36. The molecule has 0 aliphatic rings. The van der Waals surface area contributed by atoms with Crippen LogP contribution in [0.5, 0.6) is 0 Å². The Labute approximate surface area is 224 Å². The van der Waals surface area contributed by atoms with E-state index >= 15 is 0 Å². The lowest BCUT2D eigenvalue weighted by Crippen LogP contribution is -2.24. The number of anilines is 1. The Kier molecular flexibility index (Phi) is 7.65. The lowest BCUT2D eigenvalue weighted by Gasteiger charge is -2.15. The Bertz CT molecular complexity index is 1630. The van der Waals surface area contributed by atoms with Gasteiger partial charge in [-0.25, -0.2) is 4.68 Å². The van der Waals surface area contributed by atoms with E-state index in [1.165, 1.54) is 4.68 Å². The molecule has 0 spiro atoms. The highest BCUT2D eigenvalue weighted by Gasteiger charge is 2.19. The van der Waals surface area contributed by atoms with Crippen LogP contribution in [-0.2, 0) is 11.3 Å². The molecule has 3 aromatic carbocycles. The van der Waals surface area contributed by atoms with Gasteiger partial charge in [0.2, 0.25) is 5.91 Å². The summed E-state index contributed by atoms with van der Waals surface area (Å²) in [6.45, 7) is 4.57. The fourth-order valence-electron chi connectivity index (χ4n) is 4.19. The van der Waals surface area contributed by atoms with Crippen molar-refractivity contribution in [1.82, 2.24) is 20.0 Å². The van der Waals surface area contributed by atoms with E-state index in [9.17, 15) is 9.59 Å². The number of hydrogen-bond donors (Lipinski definition) is 1. The van der Waals surface area contributed by atoms with Gasteiger partial charge in [0.05, 0.1) is 17.7 Å². The van der Waals surface area contributed by atoms with Gasteiger partial charge in [0.15, 0.2) is 5.69 Å². The zero-order valence-electron chi connectivity index (χ0n) is 21.1. The largest absolute Gasteiger partial charge is 0.409 e. The molecule has 1 atom stereocenters. The summed E-state index contributed by atoms with van der Waals surface area (Å²) in [5, 5.41) is 17.3. The van der Waals surface area contributed by atoms with Crippen LogP contribution in [0.1, 0.15) is 37.3 Å². The SMILES string of the molecule is CC[C@H](C)c1ccccc1NC(=O)CSc1nnc(-c2nn(Cc3ccccc3)c(=O)c3ccccc23)o1. The van der Waals surface area contributed by atoms with Crippen molar-refractivity contribution in [2.75, 3.05) is 11.1 Å². The van der Waals surface area contributed by atoms with Gasteiger partial charge in [0, 0.05) is 11.1 Å². The van der Waals surface area contributed by atoms with Gasteiger partial charge >= 0.3 is 0 Å². The van der Waals surface area contributed by atoms with Gasteiger partial charge in [-0.05, 0) is 35.6 Å². The summed E-state index contributed by atoms with van der Waals surface area (Å²) in [7, 11) is 0. The molecule has 8 nitrogen and oxygen atoms in total. The lowest BCUT2D eigenvalue weighted by molar-refractivity contribution is -0.113. The number of nitrogens with zero attached hydrogens (tertiary/aromatic N) is 4. The Hall–Kier alpha value is -4.24. The quantitative estimate of drug-likeness (QED) is 0.245. The van der Waals surface area contributed by atoms with Crippen molar-refractivity contribution in [1.29, 1.82) is 0 Å². The lowest BCUT2D eigenvalue weighted by atomic mass is 9.97. The van der Waals surface area contributed by atoms with Crippen LogP contribution in [0.25, 0.3) is 22.4 Å². The highest BCUT2D eigenvalue weighted by Crippen LogP contribution is 2.28. The Morgan fingerprint density at radius 2 is 1.68 bits per heavy atom. The van der Waals surface area contributed by atoms with Crippen LogP contribution in [0.15, 0.2) is 93.3 Å². The monoisotopic (exact) mass is 525 g/mol. The smallest absolute Gasteiger partial charge is 0.277 e. The number of thioether (sulfide) groups is 1. The molecule has 2 heterocycles. The molecule has 5 rings (SSSR count). The summed E-state index contributed by atoms with van der Waals surface area (Å²) in [5.74, 6) is 0.474. The van der Waals surface area contributed by atoms with E-state index in [1.54, 1.807) is 6.07 Å². The van der Waals surface area contributed by atoms with Crippen molar-refractivity contribution in [2.45, 2.75) is 38.0 Å². The number of rotatable bonds is 9. The molecule has 5 aromatic rings. The molecule has 1 N–H and O–H groups in total. The topological polar surface area (TPSA) is 103 Å². The second-order valence-electron chi connectivity index (χ2n) is 8.95. The maximum Gasteiger partial charge on any atom is 0.277 e. The highest BCUT2D eigenvalue weighted by molar-refractivity contribution is 7.99. The minimum Gasteiger partial charge on any atom is -0.409 e. The van der Waals surface area contributed by atoms with Gasteiger partial charge in [-0.15, -0.1) is 10.2 Å². The van der Waals surface area contributed by atoms with E-state index in [1.807, 2.05) is 72.8 Å². The van der Waals surface area contributed by atoms with E-state index < -0.39 is 0 Å². The maximum atomic E-state index is 13.1. The minimum atomic E-state index is -0.198. The average molecular weight is 526 g/mol. The van der Waals surface area contributed by atoms with Gasteiger partial charge in [-0.3, -0.25) is 9.59 Å². The Balaban J connectivity index is 1.36. The molecule has 0 aliphatic carbocycles. The van der Waals surface area contributed by atoms with Gasteiger partial charge in [-0.1, -0.05) is 92.3 Å². The van der Waals surface area contributed by atoms with E-state index in [4.69, 9.17) is 4.42 Å². The standard InChI is InChI=1S/C29H27N5O3S/c1-3-19(2)21-13-9-10-16-24(21)30-25(35)18-38-29-32-31-27(37-29)26-22-14-7-8-15-23(22)28(36)34(33-26)17-20-11-5-4-6-12-20/h4-16,19H,3,17-18H2,1-2H3,(H,30,35)/t19-/m0/s1. The van der Waals surface area contributed by atoms with Crippen LogP contribution in [0.4, 0.5) is 5.69 Å². The van der Waals surface area contributed by atoms with Gasteiger partial charge in [0.25, 0.3) is 16.7 Å². The second kappa shape index (κ2) is 11.4. The number of fused-ring (bicyclic) bond motifs is 1. The molecule has 2 aromatic heterocycles. The molecule has 38 heavy (non-hydrogen) atoms. The first kappa shape index (κ1) is 25.4. The summed E-state index contributed by atoms with van der Waals surface area (Å²) in [6.07, 6.45) is 0.980. The molecular formula is C29H27N5O3S. The molecule has 0 aliphatic heterocycles. The maximum absolute atomic E-state index is 13.1. The van der Waals surface area contributed by atoms with Crippen LogP contribution in [0.3, 0.4) is 0 Å². The number of nitrogens with one attached hydrogen (secondary N) is 1. The number of amides is 1. The van der Waals surface area contributed by atoms with Gasteiger partial charge < -0.3 is 9.73 Å². The zero-order chi connectivity index (χ0) is 26.5. The summed E-state index contributed by atoms with van der Waals surface area (Å²) in [6, 6.07) is 24.7. The number of benzene rings is 3.